The maximum Gasteiger partial charge on any atom is 0.220 e. The smallest absolute Gasteiger partial charge is 0.220 e. The van der Waals surface area contributed by atoms with Crippen molar-refractivity contribution in [3.63, 3.8) is 0 Å². The Labute approximate surface area is 114 Å². The number of carbonyl (C=O) groups is 1. The number of benzene rings is 1. The molecule has 0 aliphatic heterocycles. The van der Waals surface area contributed by atoms with Crippen LogP contribution < -0.4 is 11.1 Å². The van der Waals surface area contributed by atoms with E-state index in [-0.39, 0.29) is 5.91 Å². The number of rotatable bonds is 5. The first-order chi connectivity index (χ1) is 9.24. The zero-order valence-electron chi connectivity index (χ0n) is 11.3. The summed E-state index contributed by atoms with van der Waals surface area (Å²) in [6, 6.07) is 7.71. The van der Waals surface area contributed by atoms with E-state index in [1.165, 1.54) is 6.42 Å². The first-order valence-electron chi connectivity index (χ1n) is 7.00. The fourth-order valence-corrected chi connectivity index (χ4v) is 2.33. The molecule has 102 valence electrons. The van der Waals surface area contributed by atoms with Crippen molar-refractivity contribution in [1.29, 1.82) is 0 Å². The Morgan fingerprint density at radius 3 is 2.74 bits per heavy atom. The Bertz CT molecular complexity index is 437. The highest BCUT2D eigenvalue weighted by atomic mass is 16.1. The summed E-state index contributed by atoms with van der Waals surface area (Å²) in [5.74, 6) is 0.761. The van der Waals surface area contributed by atoms with Gasteiger partial charge < -0.3 is 11.1 Å². The SMILES string of the molecule is Nc1ccc(CCC(=O)NCC2CC=CCC2)cc1. The van der Waals surface area contributed by atoms with Gasteiger partial charge in [0.2, 0.25) is 5.91 Å². The van der Waals surface area contributed by atoms with Crippen molar-refractivity contribution in [2.45, 2.75) is 32.1 Å². The lowest BCUT2D eigenvalue weighted by Crippen LogP contribution is -2.29. The summed E-state index contributed by atoms with van der Waals surface area (Å²) >= 11 is 0. The largest absolute Gasteiger partial charge is 0.399 e. The van der Waals surface area contributed by atoms with E-state index in [0.29, 0.717) is 12.3 Å². The summed E-state index contributed by atoms with van der Waals surface area (Å²) in [7, 11) is 0. The number of nitrogens with one attached hydrogen (secondary N) is 1. The van der Waals surface area contributed by atoms with Gasteiger partial charge in [-0.1, -0.05) is 24.3 Å². The van der Waals surface area contributed by atoms with Gasteiger partial charge in [0.1, 0.15) is 0 Å². The van der Waals surface area contributed by atoms with Crippen LogP contribution in [0.1, 0.15) is 31.2 Å². The van der Waals surface area contributed by atoms with E-state index >= 15 is 0 Å². The van der Waals surface area contributed by atoms with E-state index in [0.717, 1.165) is 37.1 Å². The van der Waals surface area contributed by atoms with Crippen LogP contribution in [-0.4, -0.2) is 12.5 Å². The lowest BCUT2D eigenvalue weighted by Gasteiger charge is -2.18. The first-order valence-corrected chi connectivity index (χ1v) is 7.00. The number of carbonyl (C=O) groups excluding carboxylic acids is 1. The Morgan fingerprint density at radius 1 is 1.26 bits per heavy atom. The third kappa shape index (κ3) is 4.78. The molecule has 2 rings (SSSR count). The molecule has 19 heavy (non-hydrogen) atoms. The van der Waals surface area contributed by atoms with Crippen LogP contribution in [0, 0.1) is 5.92 Å². The third-order valence-electron chi connectivity index (χ3n) is 3.59. The molecule has 0 spiro atoms. The third-order valence-corrected chi connectivity index (χ3v) is 3.59. The van der Waals surface area contributed by atoms with Gasteiger partial charge >= 0.3 is 0 Å². The Kier molecular flexibility index (Phi) is 5.01. The van der Waals surface area contributed by atoms with Crippen molar-refractivity contribution in [1.82, 2.24) is 5.32 Å². The number of amides is 1. The van der Waals surface area contributed by atoms with Crippen molar-refractivity contribution in [2.75, 3.05) is 12.3 Å². The molecule has 1 aromatic carbocycles. The summed E-state index contributed by atoms with van der Waals surface area (Å²) in [5, 5.41) is 3.04. The first kappa shape index (κ1) is 13.7. The highest BCUT2D eigenvalue weighted by Crippen LogP contribution is 2.17. The van der Waals surface area contributed by atoms with E-state index in [1.807, 2.05) is 24.3 Å². The van der Waals surface area contributed by atoms with Gasteiger partial charge in [-0.05, 0) is 49.3 Å². The molecule has 1 amide bonds. The average Bonchev–Trinajstić information content (AvgIpc) is 2.45. The standard InChI is InChI=1S/C16H22N2O/c17-15-9-6-13(7-10-15)8-11-16(19)18-12-14-4-2-1-3-5-14/h1-2,6-7,9-10,14H,3-5,8,11-12,17H2,(H,18,19). The number of nitrogen functional groups attached to an aromatic ring is 1. The molecule has 1 unspecified atom stereocenters. The van der Waals surface area contributed by atoms with Gasteiger partial charge in [-0.25, -0.2) is 0 Å². The molecule has 1 aliphatic carbocycles. The fourth-order valence-electron chi connectivity index (χ4n) is 2.33. The molecule has 1 aliphatic rings. The highest BCUT2D eigenvalue weighted by Gasteiger charge is 2.11. The Morgan fingerprint density at radius 2 is 2.05 bits per heavy atom. The second-order valence-electron chi connectivity index (χ2n) is 5.20. The normalized spacial score (nSPS) is 18.2. The van der Waals surface area contributed by atoms with Crippen molar-refractivity contribution in [3.8, 4) is 0 Å². The minimum atomic E-state index is 0.145. The summed E-state index contributed by atoms with van der Waals surface area (Å²) in [4.78, 5) is 11.8. The molecule has 0 aromatic heterocycles. The molecule has 0 heterocycles. The number of aryl methyl sites for hydroxylation is 1. The minimum Gasteiger partial charge on any atom is -0.399 e. The Balaban J connectivity index is 1.66. The molecule has 0 saturated carbocycles. The number of nitrogens with two attached hydrogens (primary N) is 1. The second kappa shape index (κ2) is 6.98. The zero-order chi connectivity index (χ0) is 13.5. The molecular weight excluding hydrogens is 236 g/mol. The maximum absolute atomic E-state index is 11.8. The maximum atomic E-state index is 11.8. The fraction of sp³-hybridized carbons (Fsp3) is 0.438. The molecule has 1 atom stereocenters. The molecule has 3 N–H and O–H groups in total. The van der Waals surface area contributed by atoms with Crippen LogP contribution in [-0.2, 0) is 11.2 Å². The van der Waals surface area contributed by atoms with Crippen LogP contribution in [0.15, 0.2) is 36.4 Å². The predicted octanol–water partition coefficient (Wildman–Crippen LogP) is 2.67. The molecule has 0 saturated heterocycles. The van der Waals surface area contributed by atoms with Crippen LogP contribution in [0.25, 0.3) is 0 Å². The Hall–Kier alpha value is -1.77. The lowest BCUT2D eigenvalue weighted by atomic mass is 9.94. The summed E-state index contributed by atoms with van der Waals surface area (Å²) in [5.41, 5.74) is 7.55. The summed E-state index contributed by atoms with van der Waals surface area (Å²) in [6.45, 7) is 0.810. The van der Waals surface area contributed by atoms with E-state index in [1.54, 1.807) is 0 Å². The van der Waals surface area contributed by atoms with Crippen LogP contribution in [0.3, 0.4) is 0 Å². The van der Waals surface area contributed by atoms with Gasteiger partial charge in [0.15, 0.2) is 0 Å². The number of hydrogen-bond donors (Lipinski definition) is 2. The van der Waals surface area contributed by atoms with Crippen LogP contribution >= 0.6 is 0 Å². The van der Waals surface area contributed by atoms with E-state index < -0.39 is 0 Å². The van der Waals surface area contributed by atoms with Gasteiger partial charge in [-0.2, -0.15) is 0 Å². The minimum absolute atomic E-state index is 0.145. The van der Waals surface area contributed by atoms with Crippen LogP contribution in [0.4, 0.5) is 5.69 Å². The van der Waals surface area contributed by atoms with E-state index in [9.17, 15) is 4.79 Å². The second-order valence-corrected chi connectivity index (χ2v) is 5.20. The van der Waals surface area contributed by atoms with Gasteiger partial charge in [0.25, 0.3) is 0 Å². The molecule has 3 heteroatoms. The van der Waals surface area contributed by atoms with Crippen LogP contribution in [0.5, 0.6) is 0 Å². The molecule has 1 aromatic rings. The summed E-state index contributed by atoms with van der Waals surface area (Å²) < 4.78 is 0. The van der Waals surface area contributed by atoms with Crippen molar-refractivity contribution in [3.05, 3.63) is 42.0 Å². The molecule has 0 radical (unpaired) electrons. The average molecular weight is 258 g/mol. The topological polar surface area (TPSA) is 55.1 Å². The monoisotopic (exact) mass is 258 g/mol. The number of hydrogen-bond acceptors (Lipinski definition) is 2. The van der Waals surface area contributed by atoms with Gasteiger partial charge in [-0.3, -0.25) is 4.79 Å². The number of allylic oxidation sites excluding steroid dienone is 2. The van der Waals surface area contributed by atoms with Gasteiger partial charge in [0, 0.05) is 18.7 Å². The molecule has 3 nitrogen and oxygen atoms in total. The van der Waals surface area contributed by atoms with Crippen molar-refractivity contribution in [2.24, 2.45) is 5.92 Å². The van der Waals surface area contributed by atoms with Crippen LogP contribution in [0.2, 0.25) is 0 Å². The molecule has 0 bridgehead atoms. The molecular formula is C16H22N2O. The molecule has 0 fully saturated rings. The highest BCUT2D eigenvalue weighted by molar-refractivity contribution is 5.76. The van der Waals surface area contributed by atoms with E-state index in [2.05, 4.69) is 17.5 Å². The number of anilines is 1. The predicted molar refractivity (Wildman–Crippen MR) is 78.7 cm³/mol. The zero-order valence-corrected chi connectivity index (χ0v) is 11.3. The lowest BCUT2D eigenvalue weighted by molar-refractivity contribution is -0.121. The van der Waals surface area contributed by atoms with Gasteiger partial charge in [-0.15, -0.1) is 0 Å². The quantitative estimate of drug-likeness (QED) is 0.630. The van der Waals surface area contributed by atoms with E-state index in [4.69, 9.17) is 5.73 Å². The summed E-state index contributed by atoms with van der Waals surface area (Å²) in [6.07, 6.45) is 9.19. The van der Waals surface area contributed by atoms with Crippen molar-refractivity contribution < 1.29 is 4.79 Å². The van der Waals surface area contributed by atoms with Crippen molar-refractivity contribution >= 4 is 11.6 Å². The van der Waals surface area contributed by atoms with Gasteiger partial charge in [0.05, 0.1) is 0 Å².